The van der Waals surface area contributed by atoms with Crippen LogP contribution in [0.1, 0.15) is 24.8 Å². The van der Waals surface area contributed by atoms with E-state index in [0.29, 0.717) is 18.7 Å². The van der Waals surface area contributed by atoms with Crippen LogP contribution in [0.2, 0.25) is 5.02 Å². The van der Waals surface area contributed by atoms with Crippen LogP contribution in [0.15, 0.2) is 18.2 Å². The molecule has 0 spiro atoms. The van der Waals surface area contributed by atoms with Crippen LogP contribution in [0.3, 0.4) is 0 Å². The zero-order chi connectivity index (χ0) is 13.0. The molecule has 1 unspecified atom stereocenters. The summed E-state index contributed by atoms with van der Waals surface area (Å²) in [5.41, 5.74) is 0.383. The van der Waals surface area contributed by atoms with Crippen molar-refractivity contribution in [3.63, 3.8) is 0 Å². The Morgan fingerprint density at radius 2 is 1.94 bits per heavy atom. The van der Waals surface area contributed by atoms with Crippen molar-refractivity contribution in [2.45, 2.75) is 19.2 Å². The average Bonchev–Trinajstić information content (AvgIpc) is 2.28. The van der Waals surface area contributed by atoms with E-state index < -0.39 is 11.2 Å². The van der Waals surface area contributed by atoms with Gasteiger partial charge in [0.1, 0.15) is 11.2 Å². The lowest BCUT2D eigenvalue weighted by Crippen LogP contribution is -2.33. The number of carbonyl (C=O) groups excluding carboxylic acids is 1. The highest BCUT2D eigenvalue weighted by Crippen LogP contribution is 2.26. The van der Waals surface area contributed by atoms with Gasteiger partial charge in [-0.15, -0.1) is 11.6 Å². The molecule has 0 saturated carbocycles. The summed E-state index contributed by atoms with van der Waals surface area (Å²) in [5, 5.41) is -0.666. The van der Waals surface area contributed by atoms with Gasteiger partial charge in [0.05, 0.1) is 0 Å². The minimum absolute atomic E-state index is 0.234. The SMILES string of the molecule is CCN(CC)C(=O)C(Cl)c1cc(F)cc(Cl)c1. The van der Waals surface area contributed by atoms with E-state index in [4.69, 9.17) is 23.2 Å². The number of likely N-dealkylation sites (N-methyl/N-ethyl adjacent to an activating group) is 1. The molecule has 1 aromatic rings. The molecule has 5 heteroatoms. The van der Waals surface area contributed by atoms with Gasteiger partial charge in [0.2, 0.25) is 5.91 Å². The van der Waals surface area contributed by atoms with Crippen LogP contribution in [0.4, 0.5) is 4.39 Å². The van der Waals surface area contributed by atoms with Gasteiger partial charge in [0.25, 0.3) is 0 Å². The smallest absolute Gasteiger partial charge is 0.245 e. The van der Waals surface area contributed by atoms with Gasteiger partial charge < -0.3 is 4.90 Å². The van der Waals surface area contributed by atoms with E-state index in [-0.39, 0.29) is 10.9 Å². The van der Waals surface area contributed by atoms with Crippen LogP contribution in [0.5, 0.6) is 0 Å². The van der Waals surface area contributed by atoms with Crippen molar-refractivity contribution in [1.29, 1.82) is 0 Å². The first-order valence-corrected chi connectivity index (χ1v) is 6.19. The number of alkyl halides is 1. The van der Waals surface area contributed by atoms with Crippen LogP contribution in [0.25, 0.3) is 0 Å². The molecule has 1 amide bonds. The van der Waals surface area contributed by atoms with Gasteiger partial charge in [-0.05, 0) is 37.6 Å². The van der Waals surface area contributed by atoms with Crippen molar-refractivity contribution in [2.24, 2.45) is 0 Å². The lowest BCUT2D eigenvalue weighted by atomic mass is 10.1. The number of hydrogen-bond donors (Lipinski definition) is 0. The molecule has 0 heterocycles. The normalized spacial score (nSPS) is 12.3. The topological polar surface area (TPSA) is 20.3 Å². The van der Waals surface area contributed by atoms with Crippen LogP contribution >= 0.6 is 23.2 Å². The number of benzene rings is 1. The summed E-state index contributed by atoms with van der Waals surface area (Å²) >= 11 is 11.8. The molecule has 0 fully saturated rings. The lowest BCUT2D eigenvalue weighted by Gasteiger charge is -2.21. The van der Waals surface area contributed by atoms with E-state index in [1.807, 2.05) is 13.8 Å². The Balaban J connectivity index is 2.95. The molecule has 1 aromatic carbocycles. The maximum absolute atomic E-state index is 13.1. The van der Waals surface area contributed by atoms with Gasteiger partial charge in [-0.2, -0.15) is 0 Å². The molecule has 0 aliphatic heterocycles. The van der Waals surface area contributed by atoms with Gasteiger partial charge in [-0.3, -0.25) is 4.79 Å². The highest BCUT2D eigenvalue weighted by molar-refractivity contribution is 6.32. The largest absolute Gasteiger partial charge is 0.342 e. The molecule has 0 radical (unpaired) electrons. The van der Waals surface area contributed by atoms with E-state index in [9.17, 15) is 9.18 Å². The molecular formula is C12H14Cl2FNO. The van der Waals surface area contributed by atoms with Crippen LogP contribution in [0, 0.1) is 5.82 Å². The number of nitrogens with zero attached hydrogens (tertiary/aromatic N) is 1. The minimum atomic E-state index is -0.900. The highest BCUT2D eigenvalue weighted by Gasteiger charge is 2.22. The summed E-state index contributed by atoms with van der Waals surface area (Å²) in [7, 11) is 0. The first-order valence-electron chi connectivity index (χ1n) is 5.38. The Hall–Kier alpha value is -0.800. The van der Waals surface area contributed by atoms with Crippen molar-refractivity contribution in [3.05, 3.63) is 34.6 Å². The second kappa shape index (κ2) is 6.22. The van der Waals surface area contributed by atoms with E-state index in [2.05, 4.69) is 0 Å². The molecule has 0 aliphatic carbocycles. The van der Waals surface area contributed by atoms with Gasteiger partial charge in [-0.25, -0.2) is 4.39 Å². The first kappa shape index (κ1) is 14.3. The molecule has 0 bridgehead atoms. The standard InChI is InChI=1S/C12H14Cl2FNO/c1-3-16(4-2)12(17)11(14)8-5-9(13)7-10(15)6-8/h5-7,11H,3-4H2,1-2H3. The second-order valence-corrected chi connectivity index (χ2v) is 4.45. The second-order valence-electron chi connectivity index (χ2n) is 3.58. The van der Waals surface area contributed by atoms with Gasteiger partial charge in [-0.1, -0.05) is 11.6 Å². The number of halogens is 3. The van der Waals surface area contributed by atoms with E-state index in [0.717, 1.165) is 0 Å². The summed E-state index contributed by atoms with van der Waals surface area (Å²) in [6.45, 7) is 4.87. The van der Waals surface area contributed by atoms with E-state index >= 15 is 0 Å². The van der Waals surface area contributed by atoms with Gasteiger partial charge >= 0.3 is 0 Å². The van der Waals surface area contributed by atoms with E-state index in [1.54, 1.807) is 4.90 Å². The Kier molecular flexibility index (Phi) is 5.22. The summed E-state index contributed by atoms with van der Waals surface area (Å²) in [6.07, 6.45) is 0. The first-order chi connectivity index (χ1) is 7.99. The number of amides is 1. The maximum atomic E-state index is 13.1. The Bertz CT molecular complexity index is 387. The Morgan fingerprint density at radius 3 is 2.41 bits per heavy atom. The Labute approximate surface area is 110 Å². The molecule has 2 nitrogen and oxygen atoms in total. The van der Waals surface area contributed by atoms with E-state index in [1.165, 1.54) is 18.2 Å². The summed E-state index contributed by atoms with van der Waals surface area (Å²) in [4.78, 5) is 13.6. The molecule has 1 atom stereocenters. The number of carbonyl (C=O) groups is 1. The fourth-order valence-corrected chi connectivity index (χ4v) is 2.05. The molecule has 0 N–H and O–H groups in total. The van der Waals surface area contributed by atoms with Crippen molar-refractivity contribution >= 4 is 29.1 Å². The molecule has 0 aliphatic rings. The molecule has 1 rings (SSSR count). The van der Waals surface area contributed by atoms with Crippen molar-refractivity contribution in [3.8, 4) is 0 Å². The van der Waals surface area contributed by atoms with Crippen molar-refractivity contribution < 1.29 is 9.18 Å². The molecule has 0 aromatic heterocycles. The highest BCUT2D eigenvalue weighted by atomic mass is 35.5. The third-order valence-electron chi connectivity index (χ3n) is 2.47. The lowest BCUT2D eigenvalue weighted by molar-refractivity contribution is -0.130. The zero-order valence-corrected chi connectivity index (χ0v) is 11.2. The van der Waals surface area contributed by atoms with Crippen molar-refractivity contribution in [2.75, 3.05) is 13.1 Å². The molecule has 94 valence electrons. The van der Waals surface area contributed by atoms with Crippen LogP contribution in [-0.2, 0) is 4.79 Å². The average molecular weight is 278 g/mol. The van der Waals surface area contributed by atoms with Gasteiger partial charge in [0.15, 0.2) is 0 Å². The minimum Gasteiger partial charge on any atom is -0.342 e. The maximum Gasteiger partial charge on any atom is 0.245 e. The fourth-order valence-electron chi connectivity index (χ4n) is 1.56. The van der Waals surface area contributed by atoms with Gasteiger partial charge in [0, 0.05) is 18.1 Å². The summed E-state index contributed by atoms with van der Waals surface area (Å²) < 4.78 is 13.1. The quantitative estimate of drug-likeness (QED) is 0.770. The summed E-state index contributed by atoms with van der Waals surface area (Å²) in [5.74, 6) is -0.733. The molecule has 17 heavy (non-hydrogen) atoms. The number of rotatable bonds is 4. The summed E-state index contributed by atoms with van der Waals surface area (Å²) in [6, 6.07) is 3.91. The third kappa shape index (κ3) is 3.58. The zero-order valence-electron chi connectivity index (χ0n) is 9.71. The number of hydrogen-bond acceptors (Lipinski definition) is 1. The van der Waals surface area contributed by atoms with Crippen molar-refractivity contribution in [1.82, 2.24) is 4.90 Å². The molecular weight excluding hydrogens is 264 g/mol. The van der Waals surface area contributed by atoms with Crippen LogP contribution in [-0.4, -0.2) is 23.9 Å². The predicted octanol–water partition coefficient (Wildman–Crippen LogP) is 3.63. The fraction of sp³-hybridized carbons (Fsp3) is 0.417. The predicted molar refractivity (Wildman–Crippen MR) is 67.9 cm³/mol. The monoisotopic (exact) mass is 277 g/mol. The Morgan fingerprint density at radius 1 is 1.35 bits per heavy atom. The van der Waals surface area contributed by atoms with Crippen LogP contribution < -0.4 is 0 Å². The molecule has 0 saturated heterocycles. The third-order valence-corrected chi connectivity index (χ3v) is 3.13.